The maximum Gasteiger partial charge on any atom is 0.328 e. The quantitative estimate of drug-likeness (QED) is 0.406. The molecule has 2 aliphatic rings. The summed E-state index contributed by atoms with van der Waals surface area (Å²) in [6, 6.07) is 26.3. The number of halogens is 2. The van der Waals surface area contributed by atoms with E-state index in [1.54, 1.807) is 11.8 Å². The van der Waals surface area contributed by atoms with E-state index >= 15 is 0 Å². The van der Waals surface area contributed by atoms with Crippen molar-refractivity contribution in [2.75, 3.05) is 50.7 Å². The molecule has 2 fully saturated rings. The number of amides is 3. The van der Waals surface area contributed by atoms with Gasteiger partial charge in [0.2, 0.25) is 0 Å². The van der Waals surface area contributed by atoms with E-state index < -0.39 is 11.6 Å². The number of nitrogens with zero attached hydrogens (tertiary/aromatic N) is 4. The van der Waals surface area contributed by atoms with Crippen LogP contribution in [-0.4, -0.2) is 83.7 Å². The topological polar surface area (TPSA) is 67.3 Å². The highest BCUT2D eigenvalue weighted by Gasteiger charge is 2.59. The fraction of sp³-hybridized carbons (Fsp3) is 0.333. The average molecular weight is 570 g/mol. The highest BCUT2D eigenvalue weighted by molar-refractivity contribution is 6.30. The number of benzene rings is 3. The highest BCUT2D eigenvalue weighted by atomic mass is 35.5. The molecule has 0 radical (unpaired) electrons. The third kappa shape index (κ3) is 5.50. The van der Waals surface area contributed by atoms with Crippen LogP contribution in [0.15, 0.2) is 84.9 Å². The van der Waals surface area contributed by atoms with Crippen molar-refractivity contribution < 1.29 is 14.7 Å². The number of hydrogen-bond donors (Lipinski definition) is 1. The van der Waals surface area contributed by atoms with Crippen LogP contribution in [0.2, 0.25) is 5.02 Å². The van der Waals surface area contributed by atoms with Crippen molar-refractivity contribution in [2.45, 2.75) is 18.6 Å². The number of piperazine rings is 1. The molecule has 0 saturated carbocycles. The number of carbonyl (C=O) groups excluding carboxylic acids is 2. The van der Waals surface area contributed by atoms with E-state index in [0.717, 1.165) is 31.9 Å². The predicted molar refractivity (Wildman–Crippen MR) is 157 cm³/mol. The number of urea groups is 1. The number of aliphatic hydroxyl groups is 1. The number of hydrogen-bond acceptors (Lipinski definition) is 5. The van der Waals surface area contributed by atoms with Crippen molar-refractivity contribution >= 4 is 41.6 Å². The van der Waals surface area contributed by atoms with Gasteiger partial charge in [-0.25, -0.2) is 4.79 Å². The van der Waals surface area contributed by atoms with Crippen molar-refractivity contribution in [1.29, 1.82) is 0 Å². The molecular formula is C30H34Cl2N4O3. The second-order valence-electron chi connectivity index (χ2n) is 9.81. The van der Waals surface area contributed by atoms with E-state index in [2.05, 4.69) is 15.9 Å². The summed E-state index contributed by atoms with van der Waals surface area (Å²) in [4.78, 5) is 35.0. The minimum Gasteiger partial charge on any atom is -0.390 e. The Morgan fingerprint density at radius 2 is 1.44 bits per heavy atom. The Morgan fingerprint density at radius 3 is 1.97 bits per heavy atom. The number of carbonyl (C=O) groups is 2. The molecule has 1 atom stereocenters. The molecule has 0 bridgehead atoms. The summed E-state index contributed by atoms with van der Waals surface area (Å²) in [5.41, 5.74) is 1.18. The van der Waals surface area contributed by atoms with Crippen molar-refractivity contribution in [3.05, 3.63) is 101 Å². The van der Waals surface area contributed by atoms with Gasteiger partial charge in [0, 0.05) is 50.0 Å². The van der Waals surface area contributed by atoms with Gasteiger partial charge in [0.15, 0.2) is 5.54 Å². The molecule has 206 valence electrons. The second-order valence-corrected chi connectivity index (χ2v) is 10.2. The van der Waals surface area contributed by atoms with Gasteiger partial charge < -0.3 is 10.0 Å². The third-order valence-electron chi connectivity index (χ3n) is 7.53. The molecule has 39 heavy (non-hydrogen) atoms. The van der Waals surface area contributed by atoms with Gasteiger partial charge >= 0.3 is 6.03 Å². The van der Waals surface area contributed by atoms with Crippen LogP contribution in [-0.2, 0) is 10.3 Å². The summed E-state index contributed by atoms with van der Waals surface area (Å²) in [5.74, 6) is -0.287. The average Bonchev–Trinajstić information content (AvgIpc) is 3.15. The lowest BCUT2D eigenvalue weighted by Gasteiger charge is -2.39. The van der Waals surface area contributed by atoms with Gasteiger partial charge in [-0.1, -0.05) is 78.3 Å². The van der Waals surface area contributed by atoms with Gasteiger partial charge in [-0.15, -0.1) is 12.4 Å². The van der Waals surface area contributed by atoms with Gasteiger partial charge in [0.25, 0.3) is 5.91 Å². The Hall–Kier alpha value is -3.10. The molecule has 0 spiro atoms. The zero-order valence-electron chi connectivity index (χ0n) is 21.9. The Morgan fingerprint density at radius 1 is 0.846 bits per heavy atom. The number of imide groups is 1. The number of β-amino-alcohol motifs (C(OH)–C–C–N with tert-alkyl or cyclic N) is 1. The molecule has 1 unspecified atom stereocenters. The lowest BCUT2D eigenvalue weighted by Crippen LogP contribution is -2.53. The Labute approximate surface area is 241 Å². The van der Waals surface area contributed by atoms with Crippen molar-refractivity contribution in [1.82, 2.24) is 14.7 Å². The van der Waals surface area contributed by atoms with E-state index in [9.17, 15) is 14.7 Å². The summed E-state index contributed by atoms with van der Waals surface area (Å²) < 4.78 is 0. The fourth-order valence-corrected chi connectivity index (χ4v) is 5.88. The smallest absolute Gasteiger partial charge is 0.328 e. The number of likely N-dealkylation sites (N-methyl/N-ethyl adjacent to an activating group) is 1. The first-order valence-electron chi connectivity index (χ1n) is 13.1. The van der Waals surface area contributed by atoms with E-state index in [0.29, 0.717) is 22.7 Å². The molecule has 1 N–H and O–H groups in total. The minimum absolute atomic E-state index is 0. The van der Waals surface area contributed by atoms with Crippen LogP contribution >= 0.6 is 24.0 Å². The monoisotopic (exact) mass is 568 g/mol. The standard InChI is InChI=1S/C30H33ClN4O3.ClH/c1-2-34-28(37)30(23-10-5-3-6-11-23,24-12-7-4-8-13-24)35(29(34)38)22-27(36)21-32-16-18-33(19-17-32)26-15-9-14-25(31)20-26;/h3-15,20,27,36H,2,16-19,21-22H2,1H3;1H. The molecule has 9 heteroatoms. The zero-order valence-corrected chi connectivity index (χ0v) is 23.5. The Balaban J connectivity index is 0.00000353. The molecule has 3 aromatic carbocycles. The Kier molecular flexibility index (Phi) is 9.18. The largest absolute Gasteiger partial charge is 0.390 e. The van der Waals surface area contributed by atoms with E-state index in [4.69, 9.17) is 11.6 Å². The predicted octanol–water partition coefficient (Wildman–Crippen LogP) is 4.47. The maximum atomic E-state index is 14.0. The van der Waals surface area contributed by atoms with Crippen molar-refractivity contribution in [2.24, 2.45) is 0 Å². The van der Waals surface area contributed by atoms with Gasteiger partial charge in [-0.3, -0.25) is 19.5 Å². The zero-order chi connectivity index (χ0) is 26.7. The molecule has 2 heterocycles. The van der Waals surface area contributed by atoms with Crippen LogP contribution in [0.3, 0.4) is 0 Å². The molecular weight excluding hydrogens is 535 g/mol. The van der Waals surface area contributed by atoms with E-state index in [1.165, 1.54) is 4.90 Å². The van der Waals surface area contributed by atoms with Crippen LogP contribution in [0.4, 0.5) is 10.5 Å². The first-order chi connectivity index (χ1) is 18.4. The lowest BCUT2D eigenvalue weighted by molar-refractivity contribution is -0.132. The van der Waals surface area contributed by atoms with Crippen molar-refractivity contribution in [3.63, 3.8) is 0 Å². The Bertz CT molecular complexity index is 1230. The molecule has 2 saturated heterocycles. The van der Waals surface area contributed by atoms with Crippen LogP contribution in [0.25, 0.3) is 0 Å². The fourth-order valence-electron chi connectivity index (χ4n) is 5.69. The summed E-state index contributed by atoms with van der Waals surface area (Å²) in [5, 5.41) is 12.0. The molecule has 3 amide bonds. The summed E-state index contributed by atoms with van der Waals surface area (Å²) in [6.45, 7) is 5.70. The number of aliphatic hydroxyl groups excluding tert-OH is 1. The van der Waals surface area contributed by atoms with E-state index in [-0.39, 0.29) is 37.4 Å². The molecule has 3 aromatic rings. The van der Waals surface area contributed by atoms with Gasteiger partial charge in [-0.2, -0.15) is 0 Å². The summed E-state index contributed by atoms with van der Waals surface area (Å²) >= 11 is 6.17. The first-order valence-corrected chi connectivity index (χ1v) is 13.5. The lowest BCUT2D eigenvalue weighted by atomic mass is 9.81. The third-order valence-corrected chi connectivity index (χ3v) is 7.76. The maximum absolute atomic E-state index is 14.0. The van der Waals surface area contributed by atoms with Gasteiger partial charge in [0.1, 0.15) is 0 Å². The SMILES string of the molecule is CCN1C(=O)N(CC(O)CN2CCN(c3cccc(Cl)c3)CC2)C(c2ccccc2)(c2ccccc2)C1=O.Cl. The van der Waals surface area contributed by atoms with Crippen LogP contribution in [0, 0.1) is 0 Å². The molecule has 2 aliphatic heterocycles. The van der Waals surface area contributed by atoms with E-state index in [1.807, 2.05) is 78.9 Å². The minimum atomic E-state index is -1.33. The summed E-state index contributed by atoms with van der Waals surface area (Å²) in [7, 11) is 0. The van der Waals surface area contributed by atoms with Crippen molar-refractivity contribution in [3.8, 4) is 0 Å². The first kappa shape index (κ1) is 28.9. The number of anilines is 1. The molecule has 0 aromatic heterocycles. The van der Waals surface area contributed by atoms with Gasteiger partial charge in [-0.05, 0) is 36.2 Å². The second kappa shape index (κ2) is 12.4. The highest BCUT2D eigenvalue weighted by Crippen LogP contribution is 2.43. The van der Waals surface area contributed by atoms with Crippen LogP contribution in [0.5, 0.6) is 0 Å². The normalized spacial score (nSPS) is 18.3. The molecule has 7 nitrogen and oxygen atoms in total. The van der Waals surface area contributed by atoms with Crippen LogP contribution in [0.1, 0.15) is 18.1 Å². The number of rotatable bonds is 8. The summed E-state index contributed by atoms with van der Waals surface area (Å²) in [6.07, 6.45) is -0.826. The molecule has 0 aliphatic carbocycles. The van der Waals surface area contributed by atoms with Gasteiger partial charge in [0.05, 0.1) is 12.6 Å². The van der Waals surface area contributed by atoms with Crippen LogP contribution < -0.4 is 4.90 Å². The molecule has 5 rings (SSSR count).